The van der Waals surface area contributed by atoms with Gasteiger partial charge in [0.05, 0.1) is 19.8 Å². The van der Waals surface area contributed by atoms with Crippen LogP contribution in [0.25, 0.3) is 0 Å². The lowest BCUT2D eigenvalue weighted by Crippen LogP contribution is -2.30. The van der Waals surface area contributed by atoms with Crippen LogP contribution < -0.4 is 15.2 Å². The molecule has 1 unspecified atom stereocenters. The average Bonchev–Trinajstić information content (AvgIpc) is 2.76. The van der Waals surface area contributed by atoms with E-state index in [0.717, 1.165) is 29.7 Å². The van der Waals surface area contributed by atoms with Crippen molar-refractivity contribution in [1.29, 1.82) is 0 Å². The summed E-state index contributed by atoms with van der Waals surface area (Å²) in [6.07, 6.45) is 1.65. The van der Waals surface area contributed by atoms with Crippen molar-refractivity contribution in [3.8, 4) is 11.5 Å². The standard InChI is InChI=1S/C23H29N3O3S/c1-23(12-14-30-22(24)25-23)18-8-6-17(7-9-18)21(27)26(2)13-11-16-5-10-19(28-3)20(15-16)29-4/h5-10,15H,11-14H2,1-4H3,(H2,24,25). The van der Waals surface area contributed by atoms with Gasteiger partial charge in [0.1, 0.15) is 0 Å². The Morgan fingerprint density at radius 1 is 1.17 bits per heavy atom. The molecule has 2 N–H and O–H groups in total. The maximum Gasteiger partial charge on any atom is 0.253 e. The third-order valence-electron chi connectivity index (χ3n) is 5.48. The summed E-state index contributed by atoms with van der Waals surface area (Å²) in [5, 5.41) is 0.624. The van der Waals surface area contributed by atoms with Crippen molar-refractivity contribution in [3.63, 3.8) is 0 Å². The quantitative estimate of drug-likeness (QED) is 0.729. The molecular weight excluding hydrogens is 398 g/mol. The first-order valence-electron chi connectivity index (χ1n) is 9.91. The van der Waals surface area contributed by atoms with Gasteiger partial charge in [-0.2, -0.15) is 0 Å². The van der Waals surface area contributed by atoms with E-state index in [9.17, 15) is 4.79 Å². The number of carbonyl (C=O) groups is 1. The highest BCUT2D eigenvalue weighted by atomic mass is 32.2. The Labute approximate surface area is 182 Å². The molecule has 1 aliphatic rings. The molecule has 30 heavy (non-hydrogen) atoms. The van der Waals surface area contributed by atoms with Crippen LogP contribution in [0.15, 0.2) is 47.5 Å². The van der Waals surface area contributed by atoms with Crippen LogP contribution in [-0.4, -0.2) is 49.5 Å². The number of hydrogen-bond acceptors (Lipinski definition) is 6. The Kier molecular flexibility index (Phi) is 6.92. The van der Waals surface area contributed by atoms with E-state index in [1.165, 1.54) is 0 Å². The van der Waals surface area contributed by atoms with Gasteiger partial charge in [-0.15, -0.1) is 0 Å². The van der Waals surface area contributed by atoms with Crippen LogP contribution in [0, 0.1) is 0 Å². The molecule has 0 radical (unpaired) electrons. The number of nitrogens with two attached hydrogens (primary N) is 1. The fourth-order valence-corrected chi connectivity index (χ4v) is 4.50. The van der Waals surface area contributed by atoms with Crippen LogP contribution in [0.2, 0.25) is 0 Å². The summed E-state index contributed by atoms with van der Waals surface area (Å²) in [5.41, 5.74) is 8.42. The molecule has 2 aromatic rings. The summed E-state index contributed by atoms with van der Waals surface area (Å²) in [6.45, 7) is 2.69. The maximum atomic E-state index is 12.8. The summed E-state index contributed by atoms with van der Waals surface area (Å²) in [6, 6.07) is 13.6. The van der Waals surface area contributed by atoms with Crippen LogP contribution in [0.3, 0.4) is 0 Å². The van der Waals surface area contributed by atoms with Crippen molar-refractivity contribution >= 4 is 22.8 Å². The fourth-order valence-electron chi connectivity index (χ4n) is 3.52. The van der Waals surface area contributed by atoms with Crippen molar-refractivity contribution in [3.05, 3.63) is 59.2 Å². The van der Waals surface area contributed by atoms with E-state index in [1.807, 2.05) is 49.5 Å². The first kappa shape index (κ1) is 22.0. The van der Waals surface area contributed by atoms with Gasteiger partial charge >= 0.3 is 0 Å². The van der Waals surface area contributed by atoms with Crippen LogP contribution >= 0.6 is 11.8 Å². The number of amidine groups is 1. The van der Waals surface area contributed by atoms with Crippen LogP contribution in [0.5, 0.6) is 11.5 Å². The molecule has 0 fully saturated rings. The van der Waals surface area contributed by atoms with E-state index >= 15 is 0 Å². The van der Waals surface area contributed by atoms with E-state index in [4.69, 9.17) is 15.2 Å². The Morgan fingerprint density at radius 2 is 1.87 bits per heavy atom. The van der Waals surface area contributed by atoms with E-state index in [1.54, 1.807) is 30.9 Å². The zero-order valence-corrected chi connectivity index (χ0v) is 18.8. The van der Waals surface area contributed by atoms with Crippen molar-refractivity contribution in [2.45, 2.75) is 25.3 Å². The third kappa shape index (κ3) is 4.90. The molecule has 1 heterocycles. The van der Waals surface area contributed by atoms with Gasteiger partial charge in [0.15, 0.2) is 16.7 Å². The SMILES string of the molecule is COc1ccc(CCN(C)C(=O)c2ccc(C3(C)CCSC(N)=N3)cc2)cc1OC. The maximum absolute atomic E-state index is 12.8. The molecule has 0 aliphatic carbocycles. The minimum absolute atomic E-state index is 0.00519. The number of hydrogen-bond donors (Lipinski definition) is 1. The topological polar surface area (TPSA) is 77.2 Å². The zero-order valence-electron chi connectivity index (χ0n) is 18.0. The number of methoxy groups -OCH3 is 2. The lowest BCUT2D eigenvalue weighted by molar-refractivity contribution is 0.0796. The molecule has 6 nitrogen and oxygen atoms in total. The van der Waals surface area contributed by atoms with Gasteiger partial charge in [-0.1, -0.05) is 30.0 Å². The number of rotatable bonds is 7. The Hall–Kier alpha value is -2.67. The van der Waals surface area contributed by atoms with Crippen molar-refractivity contribution in [1.82, 2.24) is 4.90 Å². The molecule has 0 spiro atoms. The number of nitrogens with zero attached hydrogens (tertiary/aromatic N) is 2. The molecule has 3 rings (SSSR count). The van der Waals surface area contributed by atoms with Crippen molar-refractivity contribution in [2.75, 3.05) is 33.6 Å². The fraction of sp³-hybridized carbons (Fsp3) is 0.391. The number of benzene rings is 2. The van der Waals surface area contributed by atoms with E-state index in [-0.39, 0.29) is 11.4 Å². The minimum Gasteiger partial charge on any atom is -0.493 e. The second kappa shape index (κ2) is 9.43. The molecule has 2 aromatic carbocycles. The van der Waals surface area contributed by atoms with Crippen LogP contribution in [-0.2, 0) is 12.0 Å². The first-order valence-corrected chi connectivity index (χ1v) is 10.9. The summed E-state index contributed by atoms with van der Waals surface area (Å²) < 4.78 is 10.6. The smallest absolute Gasteiger partial charge is 0.253 e. The molecule has 160 valence electrons. The first-order chi connectivity index (χ1) is 14.4. The Bertz CT molecular complexity index is 930. The highest BCUT2D eigenvalue weighted by Crippen LogP contribution is 2.35. The number of amides is 1. The predicted molar refractivity (Wildman–Crippen MR) is 123 cm³/mol. The summed E-state index contributed by atoms with van der Waals surface area (Å²) >= 11 is 1.59. The summed E-state index contributed by atoms with van der Waals surface area (Å²) in [5.74, 6) is 2.33. The Morgan fingerprint density at radius 3 is 2.50 bits per heavy atom. The molecule has 1 atom stereocenters. The van der Waals surface area contributed by atoms with Gasteiger partial charge in [0, 0.05) is 24.9 Å². The lowest BCUT2D eigenvalue weighted by atomic mass is 9.89. The molecule has 0 aromatic heterocycles. The number of thioether (sulfide) groups is 1. The number of likely N-dealkylation sites (N-methyl/N-ethyl adjacent to an activating group) is 1. The highest BCUT2D eigenvalue weighted by Gasteiger charge is 2.29. The molecule has 1 aliphatic heterocycles. The van der Waals surface area contributed by atoms with Crippen LogP contribution in [0.4, 0.5) is 0 Å². The molecule has 0 saturated carbocycles. The molecule has 0 saturated heterocycles. The minimum atomic E-state index is -0.323. The number of carbonyl (C=O) groups excluding carboxylic acids is 1. The van der Waals surface area contributed by atoms with Gasteiger partial charge in [0.25, 0.3) is 5.91 Å². The van der Waals surface area contributed by atoms with Gasteiger partial charge in [-0.3, -0.25) is 9.79 Å². The van der Waals surface area contributed by atoms with Crippen molar-refractivity contribution < 1.29 is 14.3 Å². The largest absolute Gasteiger partial charge is 0.493 e. The number of ether oxygens (including phenoxy) is 2. The molecule has 1 amide bonds. The highest BCUT2D eigenvalue weighted by molar-refractivity contribution is 8.13. The average molecular weight is 428 g/mol. The monoisotopic (exact) mass is 427 g/mol. The Balaban J connectivity index is 1.64. The molecular formula is C23H29N3O3S. The third-order valence-corrected chi connectivity index (χ3v) is 6.28. The number of aliphatic imine (C=N–C) groups is 1. The van der Waals surface area contributed by atoms with Crippen LogP contribution in [0.1, 0.15) is 34.8 Å². The van der Waals surface area contributed by atoms with Gasteiger partial charge in [0.2, 0.25) is 0 Å². The zero-order chi connectivity index (χ0) is 21.7. The molecule has 0 bridgehead atoms. The molecule has 7 heteroatoms. The van der Waals surface area contributed by atoms with Crippen molar-refractivity contribution in [2.24, 2.45) is 10.7 Å². The normalized spacial score (nSPS) is 18.5. The van der Waals surface area contributed by atoms with E-state index in [0.29, 0.717) is 28.8 Å². The summed E-state index contributed by atoms with van der Waals surface area (Å²) in [4.78, 5) is 19.2. The van der Waals surface area contributed by atoms with E-state index in [2.05, 4.69) is 11.9 Å². The second-order valence-electron chi connectivity index (χ2n) is 7.57. The second-order valence-corrected chi connectivity index (χ2v) is 8.68. The predicted octanol–water partition coefficient (Wildman–Crippen LogP) is 3.69. The van der Waals surface area contributed by atoms with Gasteiger partial charge < -0.3 is 20.1 Å². The van der Waals surface area contributed by atoms with E-state index < -0.39 is 0 Å². The summed E-state index contributed by atoms with van der Waals surface area (Å²) in [7, 11) is 5.05. The lowest BCUT2D eigenvalue weighted by Gasteiger charge is -2.30. The van der Waals surface area contributed by atoms with Gasteiger partial charge in [-0.05, 0) is 55.2 Å². The van der Waals surface area contributed by atoms with Gasteiger partial charge in [-0.25, -0.2) is 0 Å².